The molecule has 0 spiro atoms. The van der Waals surface area contributed by atoms with Crippen molar-refractivity contribution >= 4 is 52.0 Å². The highest BCUT2D eigenvalue weighted by atomic mass is 35.5. The molecule has 0 aliphatic rings. The predicted molar refractivity (Wildman–Crippen MR) is 85.3 cm³/mol. The number of anilines is 2. The predicted octanol–water partition coefficient (Wildman–Crippen LogP) is 4.51. The highest BCUT2D eigenvalue weighted by Crippen LogP contribution is 2.23. The highest BCUT2D eigenvalue weighted by Gasteiger charge is 2.04. The molecule has 0 bridgehead atoms. The van der Waals surface area contributed by atoms with Gasteiger partial charge in [0, 0.05) is 16.9 Å². The Balaban J connectivity index is 2.05. The van der Waals surface area contributed by atoms with Crippen LogP contribution in [0.5, 0.6) is 0 Å². The van der Waals surface area contributed by atoms with Crippen LogP contribution in [0.3, 0.4) is 0 Å². The molecular weight excluding hydrogens is 301 g/mol. The van der Waals surface area contributed by atoms with Gasteiger partial charge in [0.1, 0.15) is 5.82 Å². The van der Waals surface area contributed by atoms with Crippen LogP contribution in [-0.2, 0) is 0 Å². The van der Waals surface area contributed by atoms with Crippen LogP contribution >= 0.6 is 35.4 Å². The van der Waals surface area contributed by atoms with E-state index in [0.29, 0.717) is 21.0 Å². The molecule has 1 aromatic heterocycles. The standard InChI is InChI=1S/C13H11Cl2N3S/c1-8-10(15)3-2-4-11(8)17-13(19)18-12-6-5-9(14)7-16-12/h2-7H,1H3,(H2,16,17,18,19). The summed E-state index contributed by atoms with van der Waals surface area (Å²) in [4.78, 5) is 4.10. The number of nitrogens with zero attached hydrogens (tertiary/aromatic N) is 1. The van der Waals surface area contributed by atoms with Gasteiger partial charge in [0.05, 0.1) is 5.02 Å². The third-order valence-electron chi connectivity index (χ3n) is 2.48. The van der Waals surface area contributed by atoms with Crippen molar-refractivity contribution in [1.29, 1.82) is 0 Å². The van der Waals surface area contributed by atoms with Crippen LogP contribution in [0.15, 0.2) is 36.5 Å². The van der Waals surface area contributed by atoms with Gasteiger partial charge >= 0.3 is 0 Å². The van der Waals surface area contributed by atoms with Crippen molar-refractivity contribution in [2.75, 3.05) is 10.6 Å². The van der Waals surface area contributed by atoms with Crippen molar-refractivity contribution in [1.82, 2.24) is 4.98 Å². The molecule has 19 heavy (non-hydrogen) atoms. The Labute approximate surface area is 127 Å². The molecule has 2 N–H and O–H groups in total. The molecule has 0 amide bonds. The van der Waals surface area contributed by atoms with Crippen LogP contribution in [0, 0.1) is 6.92 Å². The molecule has 98 valence electrons. The summed E-state index contributed by atoms with van der Waals surface area (Å²) in [6.07, 6.45) is 1.55. The van der Waals surface area contributed by atoms with Gasteiger partial charge < -0.3 is 10.6 Å². The van der Waals surface area contributed by atoms with Gasteiger partial charge in [-0.1, -0.05) is 29.3 Å². The summed E-state index contributed by atoms with van der Waals surface area (Å²) in [7, 11) is 0. The Hall–Kier alpha value is -1.36. The van der Waals surface area contributed by atoms with E-state index >= 15 is 0 Å². The largest absolute Gasteiger partial charge is 0.332 e. The summed E-state index contributed by atoms with van der Waals surface area (Å²) in [6, 6.07) is 9.09. The molecule has 0 unspecified atom stereocenters. The first-order valence-electron chi connectivity index (χ1n) is 5.51. The van der Waals surface area contributed by atoms with Gasteiger partial charge in [-0.25, -0.2) is 4.98 Å². The second-order valence-corrected chi connectivity index (χ2v) is 5.11. The van der Waals surface area contributed by atoms with E-state index in [1.165, 1.54) is 0 Å². The van der Waals surface area contributed by atoms with E-state index in [2.05, 4.69) is 15.6 Å². The van der Waals surface area contributed by atoms with Crippen LogP contribution in [0.1, 0.15) is 5.56 Å². The van der Waals surface area contributed by atoms with Crippen molar-refractivity contribution in [3.63, 3.8) is 0 Å². The number of aromatic nitrogens is 1. The minimum absolute atomic E-state index is 0.445. The Kier molecular flexibility index (Phi) is 4.58. The molecule has 0 fully saturated rings. The third kappa shape index (κ3) is 3.80. The fourth-order valence-electron chi connectivity index (χ4n) is 1.46. The lowest BCUT2D eigenvalue weighted by Gasteiger charge is -2.12. The zero-order chi connectivity index (χ0) is 13.8. The van der Waals surface area contributed by atoms with Gasteiger partial charge in [-0.3, -0.25) is 0 Å². The van der Waals surface area contributed by atoms with Crippen molar-refractivity contribution in [3.05, 3.63) is 52.1 Å². The summed E-state index contributed by atoms with van der Waals surface area (Å²) in [6.45, 7) is 1.92. The Morgan fingerprint density at radius 2 is 1.95 bits per heavy atom. The van der Waals surface area contributed by atoms with Gasteiger partial charge in [-0.2, -0.15) is 0 Å². The monoisotopic (exact) mass is 311 g/mol. The summed E-state index contributed by atoms with van der Waals surface area (Å²) < 4.78 is 0. The molecule has 0 saturated heterocycles. The molecule has 1 aromatic carbocycles. The average Bonchev–Trinajstić information content (AvgIpc) is 2.38. The number of benzene rings is 1. The maximum atomic E-state index is 6.04. The maximum absolute atomic E-state index is 6.04. The summed E-state index contributed by atoms with van der Waals surface area (Å²) in [5, 5.41) is 7.76. The molecule has 0 atom stereocenters. The number of thiocarbonyl (C=S) groups is 1. The van der Waals surface area contributed by atoms with E-state index in [4.69, 9.17) is 35.4 Å². The first kappa shape index (κ1) is 14.1. The second kappa shape index (κ2) is 6.19. The van der Waals surface area contributed by atoms with Crippen molar-refractivity contribution in [2.45, 2.75) is 6.92 Å². The summed E-state index contributed by atoms with van der Waals surface area (Å²) in [5.74, 6) is 0.626. The molecule has 2 aromatic rings. The number of hydrogen-bond donors (Lipinski definition) is 2. The average molecular weight is 312 g/mol. The maximum Gasteiger partial charge on any atom is 0.176 e. The molecule has 6 heteroatoms. The number of nitrogens with one attached hydrogen (secondary N) is 2. The molecule has 3 nitrogen and oxygen atoms in total. The molecule has 0 aliphatic carbocycles. The fraction of sp³-hybridized carbons (Fsp3) is 0.0769. The SMILES string of the molecule is Cc1c(Cl)cccc1NC(=S)Nc1ccc(Cl)cn1. The van der Waals surface area contributed by atoms with Crippen molar-refractivity contribution in [2.24, 2.45) is 0 Å². The lowest BCUT2D eigenvalue weighted by atomic mass is 10.2. The number of rotatable bonds is 2. The van der Waals surface area contributed by atoms with Crippen molar-refractivity contribution < 1.29 is 0 Å². The quantitative estimate of drug-likeness (QED) is 0.800. The van der Waals surface area contributed by atoms with Gasteiger partial charge in [-0.05, 0) is 49.0 Å². The zero-order valence-corrected chi connectivity index (χ0v) is 12.4. The molecule has 0 saturated carbocycles. The lowest BCUT2D eigenvalue weighted by molar-refractivity contribution is 1.32. The number of hydrogen-bond acceptors (Lipinski definition) is 2. The van der Waals surface area contributed by atoms with Gasteiger partial charge in [0.2, 0.25) is 0 Å². The van der Waals surface area contributed by atoms with E-state index in [1.54, 1.807) is 18.3 Å². The number of pyridine rings is 1. The van der Waals surface area contributed by atoms with Crippen LogP contribution in [0.4, 0.5) is 11.5 Å². The summed E-state index contributed by atoms with van der Waals surface area (Å²) >= 11 is 17.0. The number of halogens is 2. The van der Waals surface area contributed by atoms with Crippen molar-refractivity contribution in [3.8, 4) is 0 Å². The Bertz CT molecular complexity index is 599. The van der Waals surface area contributed by atoms with E-state index in [0.717, 1.165) is 11.3 Å². The second-order valence-electron chi connectivity index (χ2n) is 3.85. The van der Waals surface area contributed by atoms with E-state index in [9.17, 15) is 0 Å². The third-order valence-corrected chi connectivity index (χ3v) is 3.32. The van der Waals surface area contributed by atoms with E-state index in [-0.39, 0.29) is 0 Å². The van der Waals surface area contributed by atoms with Crippen LogP contribution < -0.4 is 10.6 Å². The minimum Gasteiger partial charge on any atom is -0.332 e. The normalized spacial score (nSPS) is 10.1. The minimum atomic E-state index is 0.445. The molecular formula is C13H11Cl2N3S. The van der Waals surface area contributed by atoms with Crippen LogP contribution in [0.25, 0.3) is 0 Å². The van der Waals surface area contributed by atoms with Crippen LogP contribution in [0.2, 0.25) is 10.0 Å². The summed E-state index contributed by atoms with van der Waals surface area (Å²) in [5.41, 5.74) is 1.80. The van der Waals surface area contributed by atoms with Gasteiger partial charge in [0.15, 0.2) is 5.11 Å². The zero-order valence-electron chi connectivity index (χ0n) is 10.1. The Morgan fingerprint density at radius 3 is 2.63 bits per heavy atom. The fourth-order valence-corrected chi connectivity index (χ4v) is 1.96. The first-order valence-corrected chi connectivity index (χ1v) is 6.67. The smallest absolute Gasteiger partial charge is 0.176 e. The highest BCUT2D eigenvalue weighted by molar-refractivity contribution is 7.80. The first-order chi connectivity index (χ1) is 9.06. The molecule has 2 rings (SSSR count). The van der Waals surface area contributed by atoms with Crippen LogP contribution in [-0.4, -0.2) is 10.1 Å². The lowest BCUT2D eigenvalue weighted by Crippen LogP contribution is -2.20. The van der Waals surface area contributed by atoms with E-state index < -0.39 is 0 Å². The Morgan fingerprint density at radius 1 is 1.16 bits per heavy atom. The van der Waals surface area contributed by atoms with Gasteiger partial charge in [-0.15, -0.1) is 0 Å². The molecule has 0 radical (unpaired) electrons. The van der Waals surface area contributed by atoms with E-state index in [1.807, 2.05) is 25.1 Å². The molecule has 0 aliphatic heterocycles. The van der Waals surface area contributed by atoms with Gasteiger partial charge in [0.25, 0.3) is 0 Å². The molecule has 1 heterocycles. The topological polar surface area (TPSA) is 37.0 Å².